The van der Waals surface area contributed by atoms with Crippen molar-refractivity contribution in [2.75, 3.05) is 0 Å². The summed E-state index contributed by atoms with van der Waals surface area (Å²) < 4.78 is 5.32. The molecule has 0 N–H and O–H groups in total. The summed E-state index contributed by atoms with van der Waals surface area (Å²) in [6.45, 7) is 6.65. The predicted octanol–water partition coefficient (Wildman–Crippen LogP) is 3.53. The number of oxazole rings is 1. The monoisotopic (exact) mass is 181 g/mol. The third-order valence-corrected chi connectivity index (χ3v) is 2.50. The molecule has 2 nitrogen and oxygen atoms in total. The molecule has 0 spiro atoms. The fourth-order valence-corrected chi connectivity index (χ4v) is 1.49. The highest BCUT2D eigenvalue weighted by molar-refractivity contribution is 5.05. The van der Waals surface area contributed by atoms with Crippen molar-refractivity contribution in [3.05, 3.63) is 18.4 Å². The van der Waals surface area contributed by atoms with Crippen LogP contribution in [0.5, 0.6) is 0 Å². The molecule has 2 heteroatoms. The van der Waals surface area contributed by atoms with Crippen LogP contribution in [-0.2, 0) is 5.41 Å². The summed E-state index contributed by atoms with van der Waals surface area (Å²) in [4.78, 5) is 3.95. The lowest BCUT2D eigenvalue weighted by molar-refractivity contribution is 0.352. The molecule has 1 heterocycles. The molecular formula is C11H19NO. The summed E-state index contributed by atoms with van der Waals surface area (Å²) in [6, 6.07) is 0. The van der Waals surface area contributed by atoms with Gasteiger partial charge >= 0.3 is 0 Å². The van der Waals surface area contributed by atoms with Crippen molar-refractivity contribution in [2.24, 2.45) is 0 Å². The Kier molecular flexibility index (Phi) is 3.52. The third-order valence-electron chi connectivity index (χ3n) is 2.50. The van der Waals surface area contributed by atoms with E-state index in [1.54, 1.807) is 0 Å². The van der Waals surface area contributed by atoms with Gasteiger partial charge in [0.05, 0.1) is 6.20 Å². The minimum absolute atomic E-state index is 0.145. The van der Waals surface area contributed by atoms with Crippen LogP contribution in [0.3, 0.4) is 0 Å². The molecule has 1 rings (SSSR count). The van der Waals surface area contributed by atoms with Gasteiger partial charge in [0.25, 0.3) is 0 Å². The first-order valence-corrected chi connectivity index (χ1v) is 5.06. The van der Waals surface area contributed by atoms with E-state index in [1.807, 2.05) is 6.20 Å². The summed E-state index contributed by atoms with van der Waals surface area (Å²) in [5.41, 5.74) is 0.145. The maximum absolute atomic E-state index is 5.32. The SMILES string of the molecule is CCCCCC(C)(C)c1cnco1. The molecule has 0 bridgehead atoms. The Morgan fingerprint density at radius 2 is 2.15 bits per heavy atom. The van der Waals surface area contributed by atoms with Crippen LogP contribution in [0.15, 0.2) is 17.0 Å². The number of hydrogen-bond donors (Lipinski definition) is 0. The minimum atomic E-state index is 0.145. The first-order valence-electron chi connectivity index (χ1n) is 5.06. The molecule has 0 aliphatic carbocycles. The molecule has 0 radical (unpaired) electrons. The van der Waals surface area contributed by atoms with Gasteiger partial charge in [-0.15, -0.1) is 0 Å². The molecule has 13 heavy (non-hydrogen) atoms. The van der Waals surface area contributed by atoms with Crippen molar-refractivity contribution in [3.63, 3.8) is 0 Å². The lowest BCUT2D eigenvalue weighted by Gasteiger charge is -2.20. The zero-order valence-corrected chi connectivity index (χ0v) is 8.84. The Labute approximate surface area is 80.4 Å². The van der Waals surface area contributed by atoms with Crippen molar-refractivity contribution in [1.82, 2.24) is 4.98 Å². The van der Waals surface area contributed by atoms with E-state index < -0.39 is 0 Å². The van der Waals surface area contributed by atoms with Gasteiger partial charge in [-0.1, -0.05) is 40.0 Å². The van der Waals surface area contributed by atoms with Crippen LogP contribution in [0.4, 0.5) is 0 Å². The molecule has 0 saturated heterocycles. The van der Waals surface area contributed by atoms with Crippen molar-refractivity contribution >= 4 is 0 Å². The molecule has 0 atom stereocenters. The fraction of sp³-hybridized carbons (Fsp3) is 0.727. The van der Waals surface area contributed by atoms with Gasteiger partial charge in [0.1, 0.15) is 5.76 Å². The Morgan fingerprint density at radius 1 is 1.38 bits per heavy atom. The summed E-state index contributed by atoms with van der Waals surface area (Å²) in [7, 11) is 0. The van der Waals surface area contributed by atoms with E-state index in [9.17, 15) is 0 Å². The normalized spacial score (nSPS) is 11.9. The average Bonchev–Trinajstić information content (AvgIpc) is 2.56. The van der Waals surface area contributed by atoms with Crippen molar-refractivity contribution in [3.8, 4) is 0 Å². The highest BCUT2D eigenvalue weighted by Crippen LogP contribution is 2.28. The van der Waals surface area contributed by atoms with Gasteiger partial charge in [0.15, 0.2) is 6.39 Å². The highest BCUT2D eigenvalue weighted by Gasteiger charge is 2.23. The van der Waals surface area contributed by atoms with E-state index in [0.29, 0.717) is 0 Å². The molecule has 1 aromatic heterocycles. The van der Waals surface area contributed by atoms with Crippen LogP contribution < -0.4 is 0 Å². The summed E-state index contributed by atoms with van der Waals surface area (Å²) in [6.07, 6.45) is 8.35. The lowest BCUT2D eigenvalue weighted by Crippen LogP contribution is -2.15. The summed E-state index contributed by atoms with van der Waals surface area (Å²) in [5, 5.41) is 0. The van der Waals surface area contributed by atoms with Gasteiger partial charge < -0.3 is 4.42 Å². The molecule has 74 valence electrons. The quantitative estimate of drug-likeness (QED) is 0.649. The smallest absolute Gasteiger partial charge is 0.180 e. The fourth-order valence-electron chi connectivity index (χ4n) is 1.49. The largest absolute Gasteiger partial charge is 0.448 e. The molecule has 0 saturated carbocycles. The first-order chi connectivity index (χ1) is 6.17. The molecular weight excluding hydrogens is 162 g/mol. The second-order valence-corrected chi connectivity index (χ2v) is 4.21. The van der Waals surface area contributed by atoms with Gasteiger partial charge in [-0.05, 0) is 6.42 Å². The average molecular weight is 181 g/mol. The molecule has 0 amide bonds. The zero-order chi connectivity index (χ0) is 9.73. The van der Waals surface area contributed by atoms with Crippen molar-refractivity contribution < 1.29 is 4.42 Å². The standard InChI is InChI=1S/C11H19NO/c1-4-5-6-7-11(2,3)10-8-12-9-13-10/h8-9H,4-7H2,1-3H3. The second-order valence-electron chi connectivity index (χ2n) is 4.21. The van der Waals surface area contributed by atoms with Crippen molar-refractivity contribution in [1.29, 1.82) is 0 Å². The van der Waals surface area contributed by atoms with Crippen LogP contribution in [0, 0.1) is 0 Å². The Morgan fingerprint density at radius 3 is 2.69 bits per heavy atom. The Bertz CT molecular complexity index is 226. The lowest BCUT2D eigenvalue weighted by atomic mass is 9.85. The first kappa shape index (κ1) is 10.3. The highest BCUT2D eigenvalue weighted by atomic mass is 16.3. The molecule has 0 fully saturated rings. The topological polar surface area (TPSA) is 26.0 Å². The van der Waals surface area contributed by atoms with E-state index in [1.165, 1.54) is 32.1 Å². The third kappa shape index (κ3) is 2.87. The van der Waals surface area contributed by atoms with Gasteiger partial charge in [-0.25, -0.2) is 4.98 Å². The number of rotatable bonds is 5. The summed E-state index contributed by atoms with van der Waals surface area (Å²) in [5.74, 6) is 1.00. The number of hydrogen-bond acceptors (Lipinski definition) is 2. The van der Waals surface area contributed by atoms with E-state index in [2.05, 4.69) is 25.8 Å². The van der Waals surface area contributed by atoms with Crippen LogP contribution in [0.1, 0.15) is 52.2 Å². The number of unbranched alkanes of at least 4 members (excludes halogenated alkanes) is 2. The van der Waals surface area contributed by atoms with E-state index in [4.69, 9.17) is 4.42 Å². The second kappa shape index (κ2) is 4.45. The minimum Gasteiger partial charge on any atom is -0.448 e. The molecule has 0 aliphatic heterocycles. The molecule has 0 aliphatic rings. The van der Waals surface area contributed by atoms with Crippen LogP contribution in [0.25, 0.3) is 0 Å². The Balaban J connectivity index is 2.46. The van der Waals surface area contributed by atoms with E-state index >= 15 is 0 Å². The van der Waals surface area contributed by atoms with Crippen LogP contribution in [-0.4, -0.2) is 4.98 Å². The van der Waals surface area contributed by atoms with Gasteiger partial charge in [-0.2, -0.15) is 0 Å². The molecule has 0 aromatic carbocycles. The zero-order valence-electron chi connectivity index (χ0n) is 8.84. The van der Waals surface area contributed by atoms with Crippen LogP contribution in [0.2, 0.25) is 0 Å². The Hall–Kier alpha value is -0.790. The molecule has 1 aromatic rings. The summed E-state index contributed by atoms with van der Waals surface area (Å²) >= 11 is 0. The molecule has 0 unspecified atom stereocenters. The predicted molar refractivity (Wildman–Crippen MR) is 53.7 cm³/mol. The van der Waals surface area contributed by atoms with Gasteiger partial charge in [0.2, 0.25) is 0 Å². The van der Waals surface area contributed by atoms with E-state index in [-0.39, 0.29) is 5.41 Å². The van der Waals surface area contributed by atoms with Gasteiger partial charge in [0, 0.05) is 5.41 Å². The van der Waals surface area contributed by atoms with E-state index in [0.717, 1.165) is 5.76 Å². The number of nitrogens with zero attached hydrogens (tertiary/aromatic N) is 1. The number of aromatic nitrogens is 1. The van der Waals surface area contributed by atoms with Gasteiger partial charge in [-0.3, -0.25) is 0 Å². The van der Waals surface area contributed by atoms with Crippen molar-refractivity contribution in [2.45, 2.75) is 51.9 Å². The maximum atomic E-state index is 5.32. The van der Waals surface area contributed by atoms with Crippen LogP contribution >= 0.6 is 0 Å². The maximum Gasteiger partial charge on any atom is 0.180 e.